The second-order valence-electron chi connectivity index (χ2n) is 7.20. The van der Waals surface area contributed by atoms with Crippen LogP contribution in [-0.4, -0.2) is 57.7 Å². The maximum absolute atomic E-state index is 11.9. The summed E-state index contributed by atoms with van der Waals surface area (Å²) in [6.07, 6.45) is 5.11. The highest BCUT2D eigenvalue weighted by atomic mass is 16.5. The van der Waals surface area contributed by atoms with Crippen molar-refractivity contribution in [1.82, 2.24) is 24.8 Å². The molecule has 0 aromatic carbocycles. The van der Waals surface area contributed by atoms with Gasteiger partial charge in [-0.25, -0.2) is 15.0 Å². The number of aryl methyl sites for hydroxylation is 1. The van der Waals surface area contributed by atoms with Gasteiger partial charge < -0.3 is 14.6 Å². The van der Waals surface area contributed by atoms with Crippen LogP contribution in [0, 0.1) is 6.92 Å². The molecule has 0 bridgehead atoms. The van der Waals surface area contributed by atoms with Gasteiger partial charge in [-0.3, -0.25) is 9.69 Å². The molecule has 0 radical (unpaired) electrons. The Morgan fingerprint density at radius 3 is 2.89 bits per heavy atom. The van der Waals surface area contributed by atoms with Crippen LogP contribution < -0.4 is 10.5 Å². The monoisotopic (exact) mass is 370 g/mol. The fourth-order valence-corrected chi connectivity index (χ4v) is 3.85. The van der Waals surface area contributed by atoms with Crippen LogP contribution in [0.25, 0.3) is 0 Å². The number of aromatic nitrogens is 4. The van der Waals surface area contributed by atoms with Crippen LogP contribution in [0.1, 0.15) is 42.5 Å². The Morgan fingerprint density at radius 1 is 1.22 bits per heavy atom. The maximum atomic E-state index is 11.9. The molecule has 2 aliphatic rings. The zero-order valence-corrected chi connectivity index (χ0v) is 15.7. The van der Waals surface area contributed by atoms with Gasteiger partial charge in [0.25, 0.3) is 5.56 Å². The average molecular weight is 370 g/mol. The van der Waals surface area contributed by atoms with Crippen LogP contribution in [0.15, 0.2) is 23.1 Å². The van der Waals surface area contributed by atoms with Crippen molar-refractivity contribution in [2.75, 3.05) is 37.7 Å². The fraction of sp³-hybridized carbons (Fsp3) is 0.579. The van der Waals surface area contributed by atoms with Crippen LogP contribution >= 0.6 is 0 Å². The summed E-state index contributed by atoms with van der Waals surface area (Å²) in [4.78, 5) is 33.2. The van der Waals surface area contributed by atoms with E-state index in [0.29, 0.717) is 13.2 Å². The normalized spacial score (nSPS) is 21.4. The third kappa shape index (κ3) is 4.33. The molecule has 2 saturated heterocycles. The molecule has 0 spiro atoms. The summed E-state index contributed by atoms with van der Waals surface area (Å²) in [6.45, 7) is 6.64. The summed E-state index contributed by atoms with van der Waals surface area (Å²) in [5.41, 5.74) is 1.67. The van der Waals surface area contributed by atoms with Gasteiger partial charge in [-0.1, -0.05) is 6.42 Å². The highest BCUT2D eigenvalue weighted by Crippen LogP contribution is 2.29. The third-order valence-electron chi connectivity index (χ3n) is 5.18. The third-order valence-corrected chi connectivity index (χ3v) is 5.18. The molecule has 0 amide bonds. The number of piperidine rings is 1. The number of aromatic amines is 1. The standard InChI is InChI=1S/C19H26N6O2/c1-14-12-17(26)23-18(21-14)16-4-2-3-7-25(16)13-15-5-6-20-19(22-15)24-8-10-27-11-9-24/h5-6,12,16H,2-4,7-11,13H2,1H3,(H,21,23,26). The van der Waals surface area contributed by atoms with E-state index in [2.05, 4.69) is 24.8 Å². The molecule has 1 unspecified atom stereocenters. The summed E-state index contributed by atoms with van der Waals surface area (Å²) >= 11 is 0. The first kappa shape index (κ1) is 18.1. The number of likely N-dealkylation sites (tertiary alicyclic amines) is 1. The number of nitrogens with zero attached hydrogens (tertiary/aromatic N) is 5. The molecule has 144 valence electrons. The van der Waals surface area contributed by atoms with Crippen molar-refractivity contribution in [1.29, 1.82) is 0 Å². The van der Waals surface area contributed by atoms with Crippen molar-refractivity contribution in [3.05, 3.63) is 45.9 Å². The van der Waals surface area contributed by atoms with Crippen molar-refractivity contribution in [3.63, 3.8) is 0 Å². The first-order chi connectivity index (χ1) is 13.2. The molecule has 27 heavy (non-hydrogen) atoms. The predicted molar refractivity (Wildman–Crippen MR) is 102 cm³/mol. The molecule has 2 aliphatic heterocycles. The maximum Gasteiger partial charge on any atom is 0.251 e. The van der Waals surface area contributed by atoms with Crippen LogP contribution in [0.2, 0.25) is 0 Å². The van der Waals surface area contributed by atoms with Gasteiger partial charge in [-0.15, -0.1) is 0 Å². The molecular formula is C19H26N6O2. The van der Waals surface area contributed by atoms with Gasteiger partial charge in [0.2, 0.25) is 5.95 Å². The van der Waals surface area contributed by atoms with Gasteiger partial charge in [0.15, 0.2) is 0 Å². The molecule has 2 fully saturated rings. The van der Waals surface area contributed by atoms with Gasteiger partial charge in [-0.2, -0.15) is 0 Å². The first-order valence-electron chi connectivity index (χ1n) is 9.65. The predicted octanol–water partition coefficient (Wildman–Crippen LogP) is 1.43. The minimum absolute atomic E-state index is 0.0836. The lowest BCUT2D eigenvalue weighted by Gasteiger charge is -2.35. The minimum atomic E-state index is -0.0836. The van der Waals surface area contributed by atoms with E-state index in [9.17, 15) is 4.79 Å². The molecule has 4 heterocycles. The number of hydrogen-bond acceptors (Lipinski definition) is 7. The minimum Gasteiger partial charge on any atom is -0.378 e. The number of morpholine rings is 1. The average Bonchev–Trinajstić information content (AvgIpc) is 2.69. The summed E-state index contributed by atoms with van der Waals surface area (Å²) < 4.78 is 5.41. The number of ether oxygens (including phenoxy) is 1. The Hall–Kier alpha value is -2.32. The van der Waals surface area contributed by atoms with E-state index < -0.39 is 0 Å². The number of rotatable bonds is 4. The molecule has 8 heteroatoms. The SMILES string of the molecule is Cc1cc(=O)[nH]c(C2CCCCN2Cc2ccnc(N3CCOCC3)n2)n1. The molecule has 0 aliphatic carbocycles. The van der Waals surface area contributed by atoms with Crippen LogP contribution in [-0.2, 0) is 11.3 Å². The molecular weight excluding hydrogens is 344 g/mol. The quantitative estimate of drug-likeness (QED) is 0.871. The van der Waals surface area contributed by atoms with E-state index in [4.69, 9.17) is 9.72 Å². The van der Waals surface area contributed by atoms with Crippen LogP contribution in [0.3, 0.4) is 0 Å². The van der Waals surface area contributed by atoms with Gasteiger partial charge in [0.1, 0.15) is 5.82 Å². The van der Waals surface area contributed by atoms with E-state index in [1.165, 1.54) is 6.07 Å². The van der Waals surface area contributed by atoms with E-state index in [1.807, 2.05) is 19.2 Å². The summed E-state index contributed by atoms with van der Waals surface area (Å²) in [7, 11) is 0. The lowest BCUT2D eigenvalue weighted by atomic mass is 10.0. The van der Waals surface area contributed by atoms with Crippen molar-refractivity contribution in [3.8, 4) is 0 Å². The molecule has 1 N–H and O–H groups in total. The number of H-pyrrole nitrogens is 1. The molecule has 4 rings (SSSR count). The van der Waals surface area contributed by atoms with Crippen molar-refractivity contribution < 1.29 is 4.74 Å². The zero-order chi connectivity index (χ0) is 18.6. The Labute approximate surface area is 158 Å². The lowest BCUT2D eigenvalue weighted by molar-refractivity contribution is 0.121. The number of nitrogens with one attached hydrogen (secondary N) is 1. The largest absolute Gasteiger partial charge is 0.378 e. The van der Waals surface area contributed by atoms with E-state index >= 15 is 0 Å². The molecule has 8 nitrogen and oxygen atoms in total. The Morgan fingerprint density at radius 2 is 2.07 bits per heavy atom. The van der Waals surface area contributed by atoms with Gasteiger partial charge >= 0.3 is 0 Å². The second kappa shape index (κ2) is 8.14. The van der Waals surface area contributed by atoms with E-state index in [1.54, 1.807) is 0 Å². The summed E-state index contributed by atoms with van der Waals surface area (Å²) in [5.74, 6) is 1.54. The molecule has 2 aromatic rings. The number of anilines is 1. The molecule has 2 aromatic heterocycles. The first-order valence-corrected chi connectivity index (χ1v) is 9.65. The second-order valence-corrected chi connectivity index (χ2v) is 7.20. The topological polar surface area (TPSA) is 87.2 Å². The zero-order valence-electron chi connectivity index (χ0n) is 15.7. The van der Waals surface area contributed by atoms with Crippen molar-refractivity contribution in [2.45, 2.75) is 38.8 Å². The highest BCUT2D eigenvalue weighted by Gasteiger charge is 2.27. The fourth-order valence-electron chi connectivity index (χ4n) is 3.85. The van der Waals surface area contributed by atoms with Crippen molar-refractivity contribution >= 4 is 5.95 Å². The summed E-state index contributed by atoms with van der Waals surface area (Å²) in [5, 5.41) is 0. The van der Waals surface area contributed by atoms with Gasteiger partial charge in [-0.05, 0) is 32.4 Å². The highest BCUT2D eigenvalue weighted by molar-refractivity contribution is 5.30. The smallest absolute Gasteiger partial charge is 0.251 e. The molecule has 1 atom stereocenters. The van der Waals surface area contributed by atoms with Crippen LogP contribution in [0.5, 0.6) is 0 Å². The van der Waals surface area contributed by atoms with Crippen LogP contribution in [0.4, 0.5) is 5.95 Å². The Balaban J connectivity index is 1.54. The Kier molecular flexibility index (Phi) is 5.45. The molecule has 0 saturated carbocycles. The van der Waals surface area contributed by atoms with Gasteiger partial charge in [0.05, 0.1) is 24.9 Å². The Bertz CT molecular complexity index is 833. The van der Waals surface area contributed by atoms with Crippen molar-refractivity contribution in [2.24, 2.45) is 0 Å². The number of hydrogen-bond donors (Lipinski definition) is 1. The van der Waals surface area contributed by atoms with E-state index in [-0.39, 0.29) is 11.6 Å². The van der Waals surface area contributed by atoms with E-state index in [0.717, 1.165) is 68.6 Å². The lowest BCUT2D eigenvalue weighted by Crippen LogP contribution is -2.38. The summed E-state index contributed by atoms with van der Waals surface area (Å²) in [6, 6.07) is 3.63. The van der Waals surface area contributed by atoms with Gasteiger partial charge in [0, 0.05) is 37.6 Å².